The highest BCUT2D eigenvalue weighted by atomic mass is 35.5. The number of aromatic nitrogens is 2. The van der Waals surface area contributed by atoms with Gasteiger partial charge in [-0.15, -0.1) is 0 Å². The van der Waals surface area contributed by atoms with Gasteiger partial charge in [0, 0.05) is 17.6 Å². The lowest BCUT2D eigenvalue weighted by Crippen LogP contribution is -2.29. The zero-order chi connectivity index (χ0) is 16.2. The molecular formula is C15H12ClFN4O2. The zero-order valence-electron chi connectivity index (χ0n) is 11.9. The summed E-state index contributed by atoms with van der Waals surface area (Å²) >= 11 is 5.67. The van der Waals surface area contributed by atoms with E-state index in [1.807, 2.05) is 6.07 Å². The maximum absolute atomic E-state index is 13.7. The second-order valence-corrected chi connectivity index (χ2v) is 6.18. The lowest BCUT2D eigenvalue weighted by Gasteiger charge is -2.14. The van der Waals surface area contributed by atoms with Crippen molar-refractivity contribution in [3.8, 4) is 0 Å². The number of halogens is 2. The fourth-order valence-electron chi connectivity index (χ4n) is 3.07. The van der Waals surface area contributed by atoms with Gasteiger partial charge < -0.3 is 10.4 Å². The average molecular weight is 335 g/mol. The first-order valence-corrected chi connectivity index (χ1v) is 7.46. The van der Waals surface area contributed by atoms with Gasteiger partial charge in [-0.05, 0) is 42.1 Å². The summed E-state index contributed by atoms with van der Waals surface area (Å²) in [4.78, 5) is 20.1. The van der Waals surface area contributed by atoms with Crippen molar-refractivity contribution in [3.63, 3.8) is 0 Å². The molecular weight excluding hydrogens is 323 g/mol. The molecule has 1 aliphatic carbocycles. The van der Waals surface area contributed by atoms with E-state index in [2.05, 4.69) is 15.3 Å². The number of hydrogen-bond acceptors (Lipinski definition) is 4. The molecule has 1 fully saturated rings. The van der Waals surface area contributed by atoms with Crippen LogP contribution in [0.2, 0.25) is 5.28 Å². The van der Waals surface area contributed by atoms with E-state index in [0.717, 1.165) is 24.6 Å². The quantitative estimate of drug-likeness (QED) is 0.821. The van der Waals surface area contributed by atoms with E-state index < -0.39 is 11.9 Å². The van der Waals surface area contributed by atoms with Gasteiger partial charge in [0.1, 0.15) is 0 Å². The van der Waals surface area contributed by atoms with Gasteiger partial charge in [0.25, 0.3) is 0 Å². The fraction of sp³-hybridized carbons (Fsp3) is 0.267. The van der Waals surface area contributed by atoms with Crippen molar-refractivity contribution in [2.45, 2.75) is 18.3 Å². The summed E-state index contributed by atoms with van der Waals surface area (Å²) in [5.74, 6) is -0.686. The molecule has 1 saturated carbocycles. The zero-order valence-corrected chi connectivity index (χ0v) is 12.6. The Labute approximate surface area is 135 Å². The van der Waals surface area contributed by atoms with Crippen molar-refractivity contribution >= 4 is 34.9 Å². The molecule has 2 aliphatic rings. The van der Waals surface area contributed by atoms with Gasteiger partial charge in [0.15, 0.2) is 11.6 Å². The maximum atomic E-state index is 13.7. The number of nitrogens with one attached hydrogen (secondary N) is 1. The lowest BCUT2D eigenvalue weighted by atomic mass is 9.98. The highest BCUT2D eigenvalue weighted by Crippen LogP contribution is 2.56. The topological polar surface area (TPSA) is 78.4 Å². The number of amides is 1. The molecule has 0 unspecified atom stereocenters. The Morgan fingerprint density at radius 2 is 2.22 bits per heavy atom. The summed E-state index contributed by atoms with van der Waals surface area (Å²) in [7, 11) is 0. The molecule has 2 heterocycles. The van der Waals surface area contributed by atoms with Gasteiger partial charge in [-0.2, -0.15) is 4.98 Å². The predicted octanol–water partition coefficient (Wildman–Crippen LogP) is 3.54. The van der Waals surface area contributed by atoms with Gasteiger partial charge in [0.2, 0.25) is 5.28 Å². The first kappa shape index (κ1) is 14.2. The SMILES string of the molecule is O=C(O)N1CC2(CC2)c2ccc(Nc3nc(Cl)ncc3F)cc21. The van der Waals surface area contributed by atoms with E-state index in [1.165, 1.54) is 4.90 Å². The number of nitrogens with zero attached hydrogens (tertiary/aromatic N) is 3. The number of carboxylic acid groups (broad SMARTS) is 1. The first-order chi connectivity index (χ1) is 11.0. The molecule has 1 spiro atoms. The largest absolute Gasteiger partial charge is 0.465 e. The Morgan fingerprint density at radius 3 is 2.91 bits per heavy atom. The van der Waals surface area contributed by atoms with Crippen LogP contribution in [0.1, 0.15) is 18.4 Å². The number of carbonyl (C=O) groups is 1. The third-order valence-corrected chi connectivity index (χ3v) is 4.56. The van der Waals surface area contributed by atoms with E-state index in [1.54, 1.807) is 12.1 Å². The molecule has 1 aliphatic heterocycles. The standard InChI is InChI=1S/C15H12ClFN4O2/c16-13-18-6-10(17)12(20-13)19-8-1-2-9-11(5-8)21(14(22)23)7-15(9)3-4-15/h1-2,5-6H,3-4,7H2,(H,22,23)(H,18,19,20). The van der Waals surface area contributed by atoms with Crippen molar-refractivity contribution < 1.29 is 14.3 Å². The molecule has 0 bridgehead atoms. The summed E-state index contributed by atoms with van der Waals surface area (Å²) < 4.78 is 13.7. The molecule has 1 aromatic carbocycles. The van der Waals surface area contributed by atoms with Gasteiger partial charge in [-0.3, -0.25) is 4.90 Å². The summed E-state index contributed by atoms with van der Waals surface area (Å²) in [5, 5.41) is 12.1. The van der Waals surface area contributed by atoms with Gasteiger partial charge in [-0.1, -0.05) is 6.07 Å². The van der Waals surface area contributed by atoms with Gasteiger partial charge in [0.05, 0.1) is 11.9 Å². The maximum Gasteiger partial charge on any atom is 0.411 e. The summed E-state index contributed by atoms with van der Waals surface area (Å²) in [6.07, 6.45) is 1.98. The van der Waals surface area contributed by atoms with Crippen LogP contribution < -0.4 is 10.2 Å². The predicted molar refractivity (Wildman–Crippen MR) is 83.0 cm³/mol. The Balaban J connectivity index is 1.71. The molecule has 4 rings (SSSR count). The highest BCUT2D eigenvalue weighted by molar-refractivity contribution is 6.28. The van der Waals surface area contributed by atoms with Crippen molar-refractivity contribution in [3.05, 3.63) is 41.1 Å². The molecule has 0 radical (unpaired) electrons. The summed E-state index contributed by atoms with van der Waals surface area (Å²) in [6, 6.07) is 5.39. The van der Waals surface area contributed by atoms with Crippen molar-refractivity contribution in [1.29, 1.82) is 0 Å². The second-order valence-electron chi connectivity index (χ2n) is 5.84. The third-order valence-electron chi connectivity index (χ3n) is 4.38. The van der Waals surface area contributed by atoms with Crippen LogP contribution in [0.3, 0.4) is 0 Å². The average Bonchev–Trinajstić information content (AvgIpc) is 3.21. The van der Waals surface area contributed by atoms with Crippen LogP contribution in [-0.2, 0) is 5.41 Å². The normalized spacial score (nSPS) is 17.2. The Bertz CT molecular complexity index is 825. The van der Waals surface area contributed by atoms with Crippen molar-refractivity contribution in [2.24, 2.45) is 0 Å². The first-order valence-electron chi connectivity index (χ1n) is 7.09. The smallest absolute Gasteiger partial charge is 0.411 e. The summed E-state index contributed by atoms with van der Waals surface area (Å²) in [5.41, 5.74) is 2.18. The van der Waals surface area contributed by atoms with Crippen molar-refractivity contribution in [1.82, 2.24) is 9.97 Å². The van der Waals surface area contributed by atoms with E-state index in [-0.39, 0.29) is 16.5 Å². The van der Waals surface area contributed by atoms with E-state index in [0.29, 0.717) is 17.9 Å². The molecule has 118 valence electrons. The minimum atomic E-state index is -0.983. The number of fused-ring (bicyclic) bond motifs is 2. The molecule has 0 atom stereocenters. The molecule has 23 heavy (non-hydrogen) atoms. The molecule has 2 aromatic rings. The van der Waals surface area contributed by atoms with Crippen LogP contribution in [0.5, 0.6) is 0 Å². The lowest BCUT2D eigenvalue weighted by molar-refractivity contribution is 0.202. The van der Waals surface area contributed by atoms with Crippen molar-refractivity contribution in [2.75, 3.05) is 16.8 Å². The minimum Gasteiger partial charge on any atom is -0.465 e. The van der Waals surface area contributed by atoms with E-state index >= 15 is 0 Å². The molecule has 8 heteroatoms. The third kappa shape index (κ3) is 2.28. The number of benzene rings is 1. The monoisotopic (exact) mass is 334 g/mol. The Morgan fingerprint density at radius 1 is 1.43 bits per heavy atom. The molecule has 1 amide bonds. The van der Waals surface area contributed by atoms with Crippen LogP contribution >= 0.6 is 11.6 Å². The van der Waals surface area contributed by atoms with Gasteiger partial charge >= 0.3 is 6.09 Å². The highest BCUT2D eigenvalue weighted by Gasteiger charge is 2.53. The fourth-order valence-corrected chi connectivity index (χ4v) is 3.21. The second kappa shape index (κ2) is 4.79. The van der Waals surface area contributed by atoms with Crippen LogP contribution in [0.25, 0.3) is 0 Å². The van der Waals surface area contributed by atoms with Crippen LogP contribution in [0.15, 0.2) is 24.4 Å². The Kier molecular flexibility index (Phi) is 2.96. The molecule has 1 aromatic heterocycles. The molecule has 2 N–H and O–H groups in total. The summed E-state index contributed by atoms with van der Waals surface area (Å²) in [6.45, 7) is 0.481. The van der Waals surface area contributed by atoms with Crippen LogP contribution in [-0.4, -0.2) is 27.7 Å². The minimum absolute atomic E-state index is 0.0320. The number of anilines is 3. The van der Waals surface area contributed by atoms with E-state index in [4.69, 9.17) is 11.6 Å². The van der Waals surface area contributed by atoms with Crippen LogP contribution in [0.4, 0.5) is 26.4 Å². The van der Waals surface area contributed by atoms with Gasteiger partial charge in [-0.25, -0.2) is 14.2 Å². The van der Waals surface area contributed by atoms with Crippen LogP contribution in [0, 0.1) is 5.82 Å². The van der Waals surface area contributed by atoms with E-state index in [9.17, 15) is 14.3 Å². The molecule has 6 nitrogen and oxygen atoms in total. The number of hydrogen-bond donors (Lipinski definition) is 2. The number of rotatable bonds is 2. The molecule has 0 saturated heterocycles. The Hall–Kier alpha value is -2.41.